The van der Waals surface area contributed by atoms with E-state index in [-0.39, 0.29) is 17.1 Å². The predicted molar refractivity (Wildman–Crippen MR) is 185 cm³/mol. The van der Waals surface area contributed by atoms with Gasteiger partial charge in [0.05, 0.1) is 0 Å². The Bertz CT molecular complexity index is 741. The van der Waals surface area contributed by atoms with Crippen molar-refractivity contribution in [2.24, 2.45) is 0 Å². The van der Waals surface area contributed by atoms with Crippen LogP contribution in [0.4, 0.5) is 0 Å². The quantitative estimate of drug-likeness (QED) is 0.186. The monoisotopic (exact) mass is 606 g/mol. The zero-order valence-electron chi connectivity index (χ0n) is 31.1. The molecule has 0 fully saturated rings. The molecule has 0 spiro atoms. The molecular weight excluding hydrogens is 536 g/mol. The predicted octanol–water partition coefficient (Wildman–Crippen LogP) is 14.0. The zero-order chi connectivity index (χ0) is 31.5. The molecule has 0 radical (unpaired) electrons. The van der Waals surface area contributed by atoms with Crippen molar-refractivity contribution in [3.8, 4) is 0 Å². The van der Waals surface area contributed by atoms with Crippen LogP contribution in [0.1, 0.15) is 253 Å². The first-order valence-electron chi connectivity index (χ1n) is 16.9. The Morgan fingerprint density at radius 2 is 0.415 bits per heavy atom. The average Bonchev–Trinajstić information content (AvgIpc) is 3.35. The normalized spacial score (nSPS) is 12.4. The van der Waals surface area contributed by atoms with Crippen LogP contribution in [-0.4, -0.2) is 0 Å². The van der Waals surface area contributed by atoms with Crippen molar-refractivity contribution in [2.75, 3.05) is 0 Å². The van der Waals surface area contributed by atoms with Gasteiger partial charge in [-0.1, -0.05) is 174 Å². The van der Waals surface area contributed by atoms with E-state index in [1.807, 2.05) is 0 Å². The second kappa shape index (κ2) is 16.3. The van der Waals surface area contributed by atoms with E-state index >= 15 is 0 Å². The molecule has 0 nitrogen and oxygen atoms in total. The van der Waals surface area contributed by atoms with Crippen LogP contribution >= 0.6 is 0 Å². The molecule has 41 heavy (non-hydrogen) atoms. The summed E-state index contributed by atoms with van der Waals surface area (Å²) in [6.07, 6.45) is 0. The van der Waals surface area contributed by atoms with Crippen LogP contribution < -0.4 is 0 Å². The maximum Gasteiger partial charge on any atom is 2.00 e. The fraction of sp³-hybridized carbons (Fsp3) is 0.750. The molecule has 0 aliphatic rings. The fourth-order valence-electron chi connectivity index (χ4n) is 7.67. The molecule has 0 unspecified atom stereocenters. The molecule has 0 amide bonds. The van der Waals surface area contributed by atoms with Crippen molar-refractivity contribution < 1.29 is 17.1 Å². The van der Waals surface area contributed by atoms with Crippen molar-refractivity contribution in [3.05, 3.63) is 55.6 Å². The van der Waals surface area contributed by atoms with E-state index < -0.39 is 0 Å². The van der Waals surface area contributed by atoms with E-state index in [1.54, 1.807) is 55.6 Å². The molecule has 1 heteroatoms. The van der Waals surface area contributed by atoms with Crippen LogP contribution in [0.15, 0.2) is 0 Å². The molecule has 0 atom stereocenters. The van der Waals surface area contributed by atoms with E-state index in [2.05, 4.69) is 138 Å². The van der Waals surface area contributed by atoms with Gasteiger partial charge in [-0.3, -0.25) is 0 Å². The van der Waals surface area contributed by atoms with E-state index in [9.17, 15) is 0 Å². The van der Waals surface area contributed by atoms with E-state index in [0.29, 0.717) is 59.2 Å². The Kier molecular flexibility index (Phi) is 16.0. The molecule has 2 aromatic carbocycles. The summed E-state index contributed by atoms with van der Waals surface area (Å²) in [5, 5.41) is 0. The minimum absolute atomic E-state index is 0. The van der Waals surface area contributed by atoms with Gasteiger partial charge in [0.15, 0.2) is 0 Å². The zero-order valence-corrected chi connectivity index (χ0v) is 32.2. The second-order valence-corrected chi connectivity index (χ2v) is 15.7. The van der Waals surface area contributed by atoms with Gasteiger partial charge in [-0.05, 0) is 23.7 Å². The van der Waals surface area contributed by atoms with Gasteiger partial charge in [0, 0.05) is 0 Å². The molecule has 0 aliphatic heterocycles. The summed E-state index contributed by atoms with van der Waals surface area (Å²) in [6.45, 7) is 47.2. The van der Waals surface area contributed by atoms with Crippen LogP contribution in [0, 0.1) is 0 Å². The van der Waals surface area contributed by atoms with Gasteiger partial charge in [-0.15, -0.1) is 11.1 Å². The molecule has 0 bridgehead atoms. The number of hydrogen-bond acceptors (Lipinski definition) is 0. The van der Waals surface area contributed by atoms with Crippen molar-refractivity contribution in [1.82, 2.24) is 0 Å². The second-order valence-electron chi connectivity index (χ2n) is 15.7. The summed E-state index contributed by atoms with van der Waals surface area (Å²) < 4.78 is 0. The Morgan fingerprint density at radius 1 is 0.268 bits per heavy atom. The van der Waals surface area contributed by atoms with Crippen LogP contribution in [-0.2, 0) is 17.1 Å². The molecule has 0 aliphatic carbocycles. The summed E-state index contributed by atoms with van der Waals surface area (Å²) in [7, 11) is 0. The van der Waals surface area contributed by atoms with Crippen molar-refractivity contribution >= 4 is 0 Å². The van der Waals surface area contributed by atoms with Crippen LogP contribution in [0.25, 0.3) is 0 Å². The maximum absolute atomic E-state index is 2.36. The summed E-state index contributed by atoms with van der Waals surface area (Å²) in [6, 6.07) is 0. The first-order valence-corrected chi connectivity index (χ1v) is 16.9. The van der Waals surface area contributed by atoms with Crippen LogP contribution in [0.3, 0.4) is 0 Å². The summed E-state index contributed by atoms with van der Waals surface area (Å²) in [4.78, 5) is 0. The van der Waals surface area contributed by atoms with Gasteiger partial charge in [-0.25, -0.2) is 0 Å². The molecule has 2 aromatic rings. The summed E-state index contributed by atoms with van der Waals surface area (Å²) in [5.41, 5.74) is 16.6. The molecule has 0 saturated carbocycles. The van der Waals surface area contributed by atoms with E-state index in [4.69, 9.17) is 0 Å². The van der Waals surface area contributed by atoms with Crippen molar-refractivity contribution in [1.29, 1.82) is 0 Å². The largest absolute Gasteiger partial charge is 2.00 e. The van der Waals surface area contributed by atoms with Crippen molar-refractivity contribution in [2.45, 2.75) is 198 Å². The standard InChI is InChI=1S/2C20H35.Fe/c2*1-11(2)16-17(12(3)4)19(14(7)8)20(15(9)10)18(16)13(5)6;/h2*11-15H,1-10H3;/q2*-1;+2. The van der Waals surface area contributed by atoms with E-state index in [1.165, 1.54) is 0 Å². The minimum Gasteiger partial charge on any atom is -0.189 e. The molecular formula is C40H70Fe. The molecule has 0 aromatic heterocycles. The number of rotatable bonds is 10. The van der Waals surface area contributed by atoms with Crippen LogP contribution in [0.2, 0.25) is 0 Å². The summed E-state index contributed by atoms with van der Waals surface area (Å²) in [5.74, 6) is 6.20. The number of hydrogen-bond donors (Lipinski definition) is 0. The first kappa shape index (κ1) is 40.2. The Balaban J connectivity index is 0.000000762. The molecule has 2 rings (SSSR count). The Morgan fingerprint density at radius 3 is 0.488 bits per heavy atom. The Labute approximate surface area is 269 Å². The maximum atomic E-state index is 2.36. The third kappa shape index (κ3) is 8.66. The topological polar surface area (TPSA) is 0 Å². The van der Waals surface area contributed by atoms with Gasteiger partial charge >= 0.3 is 17.1 Å². The van der Waals surface area contributed by atoms with Gasteiger partial charge in [0.1, 0.15) is 0 Å². The molecule has 0 N–H and O–H groups in total. The SMILES string of the molecule is CC(C)c1c(C(C)C)c(C(C)C)[c-](C(C)C)c1C(C)C.CC(C)c1c(C(C)C)c(C(C)C)[c-](C(C)C)c1C(C)C.[Fe+2]. The van der Waals surface area contributed by atoms with Crippen LogP contribution in [0.5, 0.6) is 0 Å². The van der Waals surface area contributed by atoms with Gasteiger partial charge in [0.2, 0.25) is 0 Å². The van der Waals surface area contributed by atoms with E-state index in [0.717, 1.165) is 0 Å². The summed E-state index contributed by atoms with van der Waals surface area (Å²) >= 11 is 0. The molecule has 238 valence electrons. The fourth-order valence-corrected chi connectivity index (χ4v) is 7.67. The molecule has 0 heterocycles. The average molecular weight is 607 g/mol. The Hall–Kier alpha value is -0.781. The smallest absolute Gasteiger partial charge is 0.189 e. The van der Waals surface area contributed by atoms with Gasteiger partial charge < -0.3 is 0 Å². The third-order valence-corrected chi connectivity index (χ3v) is 8.68. The third-order valence-electron chi connectivity index (χ3n) is 8.68. The molecule has 0 saturated heterocycles. The first-order chi connectivity index (χ1) is 18.2. The van der Waals surface area contributed by atoms with Crippen molar-refractivity contribution in [3.63, 3.8) is 0 Å². The van der Waals surface area contributed by atoms with Gasteiger partial charge in [-0.2, -0.15) is 44.5 Å². The minimum atomic E-state index is 0. The van der Waals surface area contributed by atoms with Gasteiger partial charge in [0.25, 0.3) is 0 Å².